The van der Waals surface area contributed by atoms with Crippen LogP contribution in [0, 0.1) is 0 Å². The molecule has 0 amide bonds. The quantitative estimate of drug-likeness (QED) is 0.943. The number of thiazole rings is 1. The number of ether oxygens (including phenoxy) is 1. The summed E-state index contributed by atoms with van der Waals surface area (Å²) in [7, 11) is 1.50. The number of hydrogen-bond donors (Lipinski definition) is 1. The molecule has 0 fully saturated rings. The molecule has 0 aromatic carbocycles. The second-order valence-electron chi connectivity index (χ2n) is 4.08. The Hall–Kier alpha value is -1.67. The zero-order chi connectivity index (χ0) is 14.8. The van der Waals surface area contributed by atoms with Crippen LogP contribution >= 0.6 is 11.3 Å². The van der Waals surface area contributed by atoms with Crippen molar-refractivity contribution < 1.29 is 17.9 Å². The predicted molar refractivity (Wildman–Crippen MR) is 68.5 cm³/mol. The average Bonchev–Trinajstić information content (AvgIpc) is 2.89. The number of halogens is 3. The first-order valence-corrected chi connectivity index (χ1v) is 6.49. The number of nitrogens with two attached hydrogens (primary N) is 1. The minimum atomic E-state index is -4.43. The summed E-state index contributed by atoms with van der Waals surface area (Å²) in [6.07, 6.45) is -1.28. The van der Waals surface area contributed by atoms with Gasteiger partial charge in [-0.25, -0.2) is 9.97 Å². The molecular weight excluding hydrogens is 291 g/mol. The van der Waals surface area contributed by atoms with Crippen molar-refractivity contribution in [3.63, 3.8) is 0 Å². The van der Waals surface area contributed by atoms with Gasteiger partial charge in [-0.15, -0.1) is 11.3 Å². The van der Waals surface area contributed by atoms with E-state index in [-0.39, 0.29) is 0 Å². The van der Waals surface area contributed by atoms with E-state index in [1.807, 2.05) is 0 Å². The Morgan fingerprint density at radius 2 is 2.05 bits per heavy atom. The fourth-order valence-corrected chi connectivity index (χ4v) is 2.38. The van der Waals surface area contributed by atoms with Crippen molar-refractivity contribution in [2.24, 2.45) is 5.73 Å². The van der Waals surface area contributed by atoms with Crippen LogP contribution in [0.15, 0.2) is 24.5 Å². The molecule has 0 spiro atoms. The zero-order valence-electron chi connectivity index (χ0n) is 10.5. The number of pyridine rings is 1. The first kappa shape index (κ1) is 14.7. The maximum Gasteiger partial charge on any atom is 0.443 e. The van der Waals surface area contributed by atoms with Crippen LogP contribution in [0.3, 0.4) is 0 Å². The van der Waals surface area contributed by atoms with E-state index >= 15 is 0 Å². The Kier molecular flexibility index (Phi) is 4.24. The molecule has 20 heavy (non-hydrogen) atoms. The Bertz CT molecular complexity index is 568. The maximum absolute atomic E-state index is 12.5. The smallest absolute Gasteiger partial charge is 0.443 e. The van der Waals surface area contributed by atoms with E-state index in [1.54, 1.807) is 18.3 Å². The number of methoxy groups -OCH3 is 1. The summed E-state index contributed by atoms with van der Waals surface area (Å²) >= 11 is 0.569. The van der Waals surface area contributed by atoms with Crippen molar-refractivity contribution in [1.82, 2.24) is 9.97 Å². The third kappa shape index (κ3) is 3.45. The van der Waals surface area contributed by atoms with Gasteiger partial charge in [0.1, 0.15) is 0 Å². The topological polar surface area (TPSA) is 61.0 Å². The van der Waals surface area contributed by atoms with Crippen molar-refractivity contribution in [1.29, 1.82) is 0 Å². The van der Waals surface area contributed by atoms with Gasteiger partial charge in [0.15, 0.2) is 5.01 Å². The monoisotopic (exact) mass is 303 g/mol. The second-order valence-corrected chi connectivity index (χ2v) is 5.15. The summed E-state index contributed by atoms with van der Waals surface area (Å²) in [4.78, 5) is 7.77. The fraction of sp³-hybridized carbons (Fsp3) is 0.333. The molecule has 0 aliphatic rings. The van der Waals surface area contributed by atoms with E-state index < -0.39 is 17.2 Å². The molecule has 8 heteroatoms. The van der Waals surface area contributed by atoms with Gasteiger partial charge in [-0.3, -0.25) is 0 Å². The van der Waals surface area contributed by atoms with Gasteiger partial charge in [0.25, 0.3) is 0 Å². The van der Waals surface area contributed by atoms with Crippen molar-refractivity contribution in [2.75, 3.05) is 7.11 Å². The number of alkyl halides is 3. The Balaban J connectivity index is 2.07. The summed E-state index contributed by atoms with van der Waals surface area (Å²) in [5.41, 5.74) is 6.72. The van der Waals surface area contributed by atoms with Crippen LogP contribution in [-0.4, -0.2) is 17.1 Å². The highest BCUT2D eigenvalue weighted by Crippen LogP contribution is 2.34. The number of aromatic nitrogens is 2. The fourth-order valence-electron chi connectivity index (χ4n) is 1.60. The van der Waals surface area contributed by atoms with Crippen LogP contribution < -0.4 is 10.5 Å². The number of nitrogens with zero attached hydrogens (tertiary/aromatic N) is 2. The van der Waals surface area contributed by atoms with E-state index in [1.165, 1.54) is 13.3 Å². The molecule has 0 saturated heterocycles. The molecule has 2 N–H and O–H groups in total. The largest absolute Gasteiger partial charge is 0.481 e. The predicted octanol–water partition coefficient (Wildman–Crippen LogP) is 2.81. The Morgan fingerprint density at radius 3 is 2.55 bits per heavy atom. The third-order valence-corrected chi connectivity index (χ3v) is 3.77. The highest BCUT2D eigenvalue weighted by molar-refractivity contribution is 7.11. The Labute approximate surface area is 117 Å². The van der Waals surface area contributed by atoms with Gasteiger partial charge in [-0.1, -0.05) is 6.07 Å². The van der Waals surface area contributed by atoms with Crippen molar-refractivity contribution in [3.8, 4) is 5.88 Å². The molecular formula is C12H12F3N3OS. The molecule has 0 radical (unpaired) electrons. The molecule has 0 aliphatic heterocycles. The molecule has 0 saturated carbocycles. The number of hydrogen-bond acceptors (Lipinski definition) is 5. The van der Waals surface area contributed by atoms with E-state index in [0.29, 0.717) is 28.5 Å². The maximum atomic E-state index is 12.5. The van der Waals surface area contributed by atoms with Crippen molar-refractivity contribution >= 4 is 11.3 Å². The molecule has 2 heterocycles. The van der Waals surface area contributed by atoms with Gasteiger partial charge in [0.2, 0.25) is 5.88 Å². The van der Waals surface area contributed by atoms with Crippen LogP contribution in [0.2, 0.25) is 0 Å². The molecule has 4 nitrogen and oxygen atoms in total. The van der Waals surface area contributed by atoms with Crippen molar-refractivity contribution in [3.05, 3.63) is 40.0 Å². The standard InChI is InChI=1S/C12H12F3N3OS/c1-19-10-3-2-7(5-17-10)4-8(16)9-6-18-11(20-9)12(13,14)15/h2-3,5-6,8H,4,16H2,1H3. The molecule has 0 aliphatic carbocycles. The van der Waals surface area contributed by atoms with Gasteiger partial charge >= 0.3 is 6.18 Å². The summed E-state index contributed by atoms with van der Waals surface area (Å²) in [6, 6.07) is 2.91. The van der Waals surface area contributed by atoms with Crippen LogP contribution in [0.5, 0.6) is 5.88 Å². The van der Waals surface area contributed by atoms with Crippen LogP contribution in [0.25, 0.3) is 0 Å². The lowest BCUT2D eigenvalue weighted by Crippen LogP contribution is -2.12. The molecule has 0 bridgehead atoms. The van der Waals surface area contributed by atoms with E-state index in [9.17, 15) is 13.2 Å². The first-order chi connectivity index (χ1) is 9.40. The second kappa shape index (κ2) is 5.76. The molecule has 108 valence electrons. The summed E-state index contributed by atoms with van der Waals surface area (Å²) in [5.74, 6) is 0.472. The highest BCUT2D eigenvalue weighted by Gasteiger charge is 2.35. The third-order valence-electron chi connectivity index (χ3n) is 2.59. The van der Waals surface area contributed by atoms with Gasteiger partial charge in [0, 0.05) is 29.4 Å². The molecule has 2 aromatic rings. The van der Waals surface area contributed by atoms with Gasteiger partial charge < -0.3 is 10.5 Å². The highest BCUT2D eigenvalue weighted by atomic mass is 32.1. The van der Waals surface area contributed by atoms with Gasteiger partial charge in [-0.2, -0.15) is 13.2 Å². The lowest BCUT2D eigenvalue weighted by molar-refractivity contribution is -0.137. The summed E-state index contributed by atoms with van der Waals surface area (Å²) in [6.45, 7) is 0. The summed E-state index contributed by atoms with van der Waals surface area (Å²) < 4.78 is 42.3. The van der Waals surface area contributed by atoms with Crippen LogP contribution in [0.4, 0.5) is 13.2 Å². The minimum absolute atomic E-state index is 0.385. The van der Waals surface area contributed by atoms with Crippen LogP contribution in [0.1, 0.15) is 21.5 Å². The van der Waals surface area contributed by atoms with Gasteiger partial charge in [0.05, 0.1) is 7.11 Å². The minimum Gasteiger partial charge on any atom is -0.481 e. The Morgan fingerprint density at radius 1 is 1.30 bits per heavy atom. The summed E-state index contributed by atoms with van der Waals surface area (Å²) in [5, 5.41) is -0.879. The van der Waals surface area contributed by atoms with Crippen LogP contribution in [-0.2, 0) is 12.6 Å². The first-order valence-electron chi connectivity index (χ1n) is 5.67. The molecule has 1 atom stereocenters. The zero-order valence-corrected chi connectivity index (χ0v) is 11.3. The van der Waals surface area contributed by atoms with E-state index in [4.69, 9.17) is 10.5 Å². The average molecular weight is 303 g/mol. The normalized spacial score (nSPS) is 13.2. The lowest BCUT2D eigenvalue weighted by atomic mass is 10.1. The lowest BCUT2D eigenvalue weighted by Gasteiger charge is -2.09. The molecule has 2 rings (SSSR count). The van der Waals surface area contributed by atoms with Crippen molar-refractivity contribution in [2.45, 2.75) is 18.6 Å². The van der Waals surface area contributed by atoms with E-state index in [0.717, 1.165) is 5.56 Å². The molecule has 1 unspecified atom stereocenters. The SMILES string of the molecule is COc1ccc(CC(N)c2cnc(C(F)(F)F)s2)cn1. The van der Waals surface area contributed by atoms with Gasteiger partial charge in [-0.05, 0) is 12.0 Å². The number of rotatable bonds is 4. The van der Waals surface area contributed by atoms with E-state index in [2.05, 4.69) is 9.97 Å². The molecule has 2 aromatic heterocycles.